The van der Waals surface area contributed by atoms with Gasteiger partial charge >= 0.3 is 0 Å². The van der Waals surface area contributed by atoms with Crippen molar-refractivity contribution < 1.29 is 14.3 Å². The van der Waals surface area contributed by atoms with Crippen LogP contribution in [0.4, 0.5) is 5.69 Å². The lowest BCUT2D eigenvalue weighted by atomic mass is 10.2. The lowest BCUT2D eigenvalue weighted by molar-refractivity contribution is -0.122. The summed E-state index contributed by atoms with van der Waals surface area (Å²) in [6.45, 7) is 2.65. The first-order chi connectivity index (χ1) is 12.7. The molecule has 0 bridgehead atoms. The Morgan fingerprint density at radius 2 is 2.19 bits per heavy atom. The van der Waals surface area contributed by atoms with Crippen LogP contribution in [0.1, 0.15) is 12.5 Å². The van der Waals surface area contributed by atoms with Gasteiger partial charge < -0.3 is 9.47 Å². The third kappa shape index (κ3) is 3.15. The summed E-state index contributed by atoms with van der Waals surface area (Å²) in [5, 5.41) is 1.04. The number of ether oxygens (including phenoxy) is 2. The number of thioether (sulfide) groups is 1. The standard InChI is InChI=1S/C18H14ClN3O3S/c1-2-22-17(23)16(8-11-3-4-14-15(7-11)25-10-24-14)26-18(22)21-13-5-6-20-9-12(13)19/h3-9H,2,10H2,1H3/b16-8-,21-18?. The van der Waals surface area contributed by atoms with E-state index in [0.29, 0.717) is 38.8 Å². The number of amides is 1. The summed E-state index contributed by atoms with van der Waals surface area (Å²) in [7, 11) is 0. The van der Waals surface area contributed by atoms with Crippen LogP contribution in [0.3, 0.4) is 0 Å². The molecular formula is C18H14ClN3O3S. The zero-order valence-corrected chi connectivity index (χ0v) is 15.4. The van der Waals surface area contributed by atoms with Crippen molar-refractivity contribution >= 4 is 46.2 Å². The van der Waals surface area contributed by atoms with E-state index in [1.54, 1.807) is 17.2 Å². The van der Waals surface area contributed by atoms with Crippen LogP contribution < -0.4 is 9.47 Å². The van der Waals surface area contributed by atoms with E-state index >= 15 is 0 Å². The number of hydrogen-bond donors (Lipinski definition) is 0. The minimum absolute atomic E-state index is 0.0842. The number of nitrogens with zero attached hydrogens (tertiary/aromatic N) is 3. The Balaban J connectivity index is 1.66. The predicted molar refractivity (Wildman–Crippen MR) is 102 cm³/mol. The van der Waals surface area contributed by atoms with Gasteiger partial charge in [-0.1, -0.05) is 17.7 Å². The molecule has 2 aromatic rings. The summed E-state index contributed by atoms with van der Waals surface area (Å²) >= 11 is 7.45. The maximum absolute atomic E-state index is 12.7. The second-order valence-electron chi connectivity index (χ2n) is 5.49. The molecule has 0 spiro atoms. The highest BCUT2D eigenvalue weighted by Crippen LogP contribution is 2.37. The minimum atomic E-state index is -0.0842. The summed E-state index contributed by atoms with van der Waals surface area (Å²) < 4.78 is 10.7. The molecule has 4 rings (SSSR count). The Labute approximate surface area is 159 Å². The van der Waals surface area contributed by atoms with E-state index in [4.69, 9.17) is 21.1 Å². The summed E-state index contributed by atoms with van der Waals surface area (Å²) in [4.78, 5) is 23.4. The van der Waals surface area contributed by atoms with Gasteiger partial charge in [-0.2, -0.15) is 0 Å². The fraction of sp³-hybridized carbons (Fsp3) is 0.167. The largest absolute Gasteiger partial charge is 0.454 e. The number of benzene rings is 1. The molecule has 1 saturated heterocycles. The van der Waals surface area contributed by atoms with E-state index in [9.17, 15) is 4.79 Å². The Morgan fingerprint density at radius 1 is 1.35 bits per heavy atom. The lowest BCUT2D eigenvalue weighted by Crippen LogP contribution is -2.28. The van der Waals surface area contributed by atoms with Gasteiger partial charge in [0.2, 0.25) is 6.79 Å². The summed E-state index contributed by atoms with van der Waals surface area (Å²) in [5.41, 5.74) is 1.45. The van der Waals surface area contributed by atoms with Gasteiger partial charge in [0.05, 0.1) is 15.6 Å². The quantitative estimate of drug-likeness (QED) is 0.742. The third-order valence-corrected chi connectivity index (χ3v) is 5.16. The first kappa shape index (κ1) is 16.9. The van der Waals surface area contributed by atoms with Crippen LogP contribution in [0.25, 0.3) is 6.08 Å². The van der Waals surface area contributed by atoms with Crippen LogP contribution in [0.15, 0.2) is 46.6 Å². The Kier molecular flexibility index (Phi) is 4.57. The number of amidine groups is 1. The number of likely N-dealkylation sites (N-methyl/N-ethyl adjacent to an activating group) is 1. The molecule has 2 aliphatic rings. The molecule has 2 aliphatic heterocycles. The van der Waals surface area contributed by atoms with Crippen molar-refractivity contribution in [2.45, 2.75) is 6.92 Å². The van der Waals surface area contributed by atoms with Crippen LogP contribution in [-0.2, 0) is 4.79 Å². The molecule has 1 aromatic heterocycles. The van der Waals surface area contributed by atoms with Crippen molar-refractivity contribution in [3.63, 3.8) is 0 Å². The van der Waals surface area contributed by atoms with Crippen LogP contribution in [-0.4, -0.2) is 34.3 Å². The molecule has 132 valence electrons. The van der Waals surface area contributed by atoms with Gasteiger partial charge in [-0.3, -0.25) is 14.7 Å². The first-order valence-electron chi connectivity index (χ1n) is 7.95. The number of hydrogen-bond acceptors (Lipinski definition) is 6. The molecule has 0 N–H and O–H groups in total. The molecule has 3 heterocycles. The highest BCUT2D eigenvalue weighted by atomic mass is 35.5. The molecule has 6 nitrogen and oxygen atoms in total. The zero-order valence-electron chi connectivity index (χ0n) is 13.8. The molecule has 0 unspecified atom stereocenters. The number of carbonyl (C=O) groups is 1. The van der Waals surface area contributed by atoms with Crippen molar-refractivity contribution in [1.82, 2.24) is 9.88 Å². The van der Waals surface area contributed by atoms with E-state index in [0.717, 1.165) is 5.56 Å². The molecule has 0 atom stereocenters. The maximum atomic E-state index is 12.7. The van der Waals surface area contributed by atoms with Crippen molar-refractivity contribution in [3.8, 4) is 11.5 Å². The average molecular weight is 388 g/mol. The van der Waals surface area contributed by atoms with Gasteiger partial charge in [0.25, 0.3) is 5.91 Å². The number of rotatable bonds is 3. The van der Waals surface area contributed by atoms with Crippen LogP contribution in [0.2, 0.25) is 5.02 Å². The predicted octanol–water partition coefficient (Wildman–Crippen LogP) is 4.09. The van der Waals surface area contributed by atoms with Gasteiger partial charge in [-0.05, 0) is 48.5 Å². The molecule has 8 heteroatoms. The molecule has 1 fully saturated rings. The van der Waals surface area contributed by atoms with E-state index in [1.807, 2.05) is 31.2 Å². The van der Waals surface area contributed by atoms with Crippen LogP contribution >= 0.6 is 23.4 Å². The molecule has 26 heavy (non-hydrogen) atoms. The zero-order chi connectivity index (χ0) is 18.1. The van der Waals surface area contributed by atoms with Crippen molar-refractivity contribution in [2.24, 2.45) is 4.99 Å². The number of fused-ring (bicyclic) bond motifs is 1. The second-order valence-corrected chi connectivity index (χ2v) is 6.91. The highest BCUT2D eigenvalue weighted by molar-refractivity contribution is 8.18. The van der Waals surface area contributed by atoms with E-state index < -0.39 is 0 Å². The van der Waals surface area contributed by atoms with Crippen LogP contribution in [0.5, 0.6) is 11.5 Å². The topological polar surface area (TPSA) is 64.0 Å². The average Bonchev–Trinajstić information content (AvgIpc) is 3.21. The number of carbonyl (C=O) groups excluding carboxylic acids is 1. The number of aromatic nitrogens is 1. The smallest absolute Gasteiger partial charge is 0.266 e. The van der Waals surface area contributed by atoms with Crippen molar-refractivity contribution in [2.75, 3.05) is 13.3 Å². The van der Waals surface area contributed by atoms with Crippen LogP contribution in [0, 0.1) is 0 Å². The van der Waals surface area contributed by atoms with Gasteiger partial charge in [-0.25, -0.2) is 4.99 Å². The van der Waals surface area contributed by atoms with Crippen molar-refractivity contribution in [1.29, 1.82) is 0 Å². The highest BCUT2D eigenvalue weighted by Gasteiger charge is 2.32. The van der Waals surface area contributed by atoms with E-state index in [2.05, 4.69) is 9.98 Å². The molecule has 1 aromatic carbocycles. The van der Waals surface area contributed by atoms with E-state index in [-0.39, 0.29) is 12.7 Å². The summed E-state index contributed by atoms with van der Waals surface area (Å²) in [6, 6.07) is 7.30. The third-order valence-electron chi connectivity index (χ3n) is 3.87. The SMILES string of the molecule is CCN1C(=O)/C(=C/c2ccc3c(c2)OCO3)SC1=Nc1ccncc1Cl. The van der Waals surface area contributed by atoms with Gasteiger partial charge in [0.1, 0.15) is 0 Å². The minimum Gasteiger partial charge on any atom is -0.454 e. The number of aliphatic imine (C=N–C) groups is 1. The maximum Gasteiger partial charge on any atom is 0.266 e. The summed E-state index contributed by atoms with van der Waals surface area (Å²) in [6.07, 6.45) is 4.97. The summed E-state index contributed by atoms with van der Waals surface area (Å²) in [5.74, 6) is 1.31. The molecular weight excluding hydrogens is 374 g/mol. The normalized spacial score (nSPS) is 19.0. The molecule has 1 amide bonds. The Bertz CT molecular complexity index is 945. The number of halogens is 1. The number of pyridine rings is 1. The molecule has 0 radical (unpaired) electrons. The van der Waals surface area contributed by atoms with Crippen molar-refractivity contribution in [3.05, 3.63) is 52.2 Å². The Morgan fingerprint density at radius 3 is 3.00 bits per heavy atom. The first-order valence-corrected chi connectivity index (χ1v) is 9.14. The van der Waals surface area contributed by atoms with Gasteiger partial charge in [-0.15, -0.1) is 0 Å². The molecule has 0 aliphatic carbocycles. The van der Waals surface area contributed by atoms with Gasteiger partial charge in [0.15, 0.2) is 16.7 Å². The lowest BCUT2D eigenvalue weighted by Gasteiger charge is -2.12. The van der Waals surface area contributed by atoms with E-state index in [1.165, 1.54) is 18.0 Å². The Hall–Kier alpha value is -2.51. The second kappa shape index (κ2) is 7.01. The fourth-order valence-corrected chi connectivity index (χ4v) is 3.80. The molecule has 0 saturated carbocycles. The van der Waals surface area contributed by atoms with Gasteiger partial charge in [0, 0.05) is 18.9 Å². The monoisotopic (exact) mass is 387 g/mol. The fourth-order valence-electron chi connectivity index (χ4n) is 2.59.